The smallest absolute Gasteiger partial charge is 0.311 e. The number of benzene rings is 1. The van der Waals surface area contributed by atoms with Gasteiger partial charge in [-0.15, -0.1) is 0 Å². The van der Waals surface area contributed by atoms with Gasteiger partial charge in [0.15, 0.2) is 5.75 Å². The van der Waals surface area contributed by atoms with Gasteiger partial charge >= 0.3 is 11.7 Å². The molecule has 0 radical (unpaired) electrons. The van der Waals surface area contributed by atoms with E-state index in [9.17, 15) is 34.6 Å². The molecule has 0 aliphatic carbocycles. The summed E-state index contributed by atoms with van der Waals surface area (Å²) >= 11 is 0. The molecule has 0 saturated carbocycles. The molecule has 1 aromatic rings. The van der Waals surface area contributed by atoms with Crippen molar-refractivity contribution in [3.05, 3.63) is 33.6 Å². The normalized spacial score (nSPS) is 13.5. The van der Waals surface area contributed by atoms with Crippen LogP contribution in [0.5, 0.6) is 5.75 Å². The Morgan fingerprint density at radius 3 is 2.62 bits per heavy atom. The molecule has 0 bridgehead atoms. The summed E-state index contributed by atoms with van der Waals surface area (Å²) in [5, 5.41) is 39.3. The van der Waals surface area contributed by atoms with E-state index in [4.69, 9.17) is 0 Å². The number of halogens is 1. The first-order valence-electron chi connectivity index (χ1n) is 5.96. The number of aromatic hydroxyl groups is 1. The number of esters is 1. The van der Waals surface area contributed by atoms with E-state index in [1.807, 2.05) is 0 Å². The molecule has 21 heavy (non-hydrogen) atoms. The van der Waals surface area contributed by atoms with Crippen LogP contribution >= 0.6 is 0 Å². The van der Waals surface area contributed by atoms with Gasteiger partial charge in [0.1, 0.15) is 11.9 Å². The molecule has 0 spiro atoms. The zero-order chi connectivity index (χ0) is 16.2. The van der Waals surface area contributed by atoms with Gasteiger partial charge in [0.25, 0.3) is 0 Å². The van der Waals surface area contributed by atoms with Crippen molar-refractivity contribution in [3.63, 3.8) is 0 Å². The topological polar surface area (TPSA) is 130 Å². The molecule has 9 heteroatoms. The minimum Gasteiger partial charge on any atom is -0.502 e. The number of nitro groups is 1. The Hall–Kier alpha value is -2.26. The number of ether oxygens (including phenoxy) is 1. The third-order valence-corrected chi connectivity index (χ3v) is 2.65. The van der Waals surface area contributed by atoms with E-state index in [1.54, 1.807) is 6.92 Å². The average Bonchev–Trinajstić information content (AvgIpc) is 2.37. The van der Waals surface area contributed by atoms with Gasteiger partial charge in [-0.1, -0.05) is 0 Å². The monoisotopic (exact) mass is 303 g/mol. The number of carbonyl (C=O) groups excluding carboxylic acids is 1. The molecule has 0 saturated heterocycles. The van der Waals surface area contributed by atoms with E-state index in [0.717, 1.165) is 0 Å². The summed E-state index contributed by atoms with van der Waals surface area (Å²) in [5.41, 5.74) is -1.43. The molecule has 116 valence electrons. The Morgan fingerprint density at radius 1 is 1.48 bits per heavy atom. The van der Waals surface area contributed by atoms with Crippen LogP contribution < -0.4 is 0 Å². The van der Waals surface area contributed by atoms with Crippen molar-refractivity contribution in [1.29, 1.82) is 0 Å². The molecule has 2 unspecified atom stereocenters. The molecule has 0 heterocycles. The van der Waals surface area contributed by atoms with E-state index < -0.39 is 52.3 Å². The minimum absolute atomic E-state index is 0.0701. The molecular weight excluding hydrogens is 289 g/mol. The van der Waals surface area contributed by atoms with Crippen LogP contribution in [0.25, 0.3) is 0 Å². The summed E-state index contributed by atoms with van der Waals surface area (Å²) in [6.45, 7) is 1.62. The molecular formula is C12H14FNO7. The fourth-order valence-electron chi connectivity index (χ4n) is 1.65. The van der Waals surface area contributed by atoms with Crippen LogP contribution in [0.2, 0.25) is 0 Å². The maximum Gasteiger partial charge on any atom is 0.311 e. The fourth-order valence-corrected chi connectivity index (χ4v) is 1.65. The Labute approximate surface area is 118 Å². The molecule has 8 nitrogen and oxygen atoms in total. The van der Waals surface area contributed by atoms with Crippen molar-refractivity contribution >= 4 is 11.7 Å². The zero-order valence-electron chi connectivity index (χ0n) is 11.0. The van der Waals surface area contributed by atoms with Gasteiger partial charge in [-0.3, -0.25) is 14.9 Å². The standard InChI is InChI=1S/C12H14FNO7/c1-2-21-11(17)5-10(16)12(18)6-3-8(14(19)20)9(15)4-7(6)13/h3-4,10,12,15-16,18H,2,5H2,1H3. The van der Waals surface area contributed by atoms with Gasteiger partial charge in [0.2, 0.25) is 0 Å². The van der Waals surface area contributed by atoms with Gasteiger partial charge in [-0.25, -0.2) is 4.39 Å². The van der Waals surface area contributed by atoms with Gasteiger partial charge < -0.3 is 20.1 Å². The van der Waals surface area contributed by atoms with Crippen LogP contribution in [-0.2, 0) is 9.53 Å². The summed E-state index contributed by atoms with van der Waals surface area (Å²) in [5.74, 6) is -2.86. The molecule has 0 aromatic heterocycles. The highest BCUT2D eigenvalue weighted by atomic mass is 19.1. The predicted molar refractivity (Wildman–Crippen MR) is 66.9 cm³/mol. The minimum atomic E-state index is -1.88. The van der Waals surface area contributed by atoms with Crippen LogP contribution in [-0.4, -0.2) is 38.9 Å². The number of rotatable bonds is 6. The first-order chi connectivity index (χ1) is 9.77. The van der Waals surface area contributed by atoms with Crippen LogP contribution in [0.1, 0.15) is 25.0 Å². The first kappa shape index (κ1) is 16.8. The molecule has 3 N–H and O–H groups in total. The molecule has 1 rings (SSSR count). The molecule has 0 amide bonds. The van der Waals surface area contributed by atoms with Crippen LogP contribution in [0.3, 0.4) is 0 Å². The first-order valence-corrected chi connectivity index (χ1v) is 5.96. The molecule has 1 aromatic carbocycles. The third-order valence-electron chi connectivity index (χ3n) is 2.65. The Morgan fingerprint density at radius 2 is 2.10 bits per heavy atom. The number of nitrogens with zero attached hydrogens (tertiary/aromatic N) is 1. The lowest BCUT2D eigenvalue weighted by molar-refractivity contribution is -0.386. The molecule has 0 aliphatic rings. The second-order valence-corrected chi connectivity index (χ2v) is 4.14. The van der Waals surface area contributed by atoms with Crippen molar-refractivity contribution in [2.75, 3.05) is 6.61 Å². The van der Waals surface area contributed by atoms with Crippen molar-refractivity contribution in [2.24, 2.45) is 0 Å². The summed E-state index contributed by atoms with van der Waals surface area (Å²) in [6, 6.07) is 1.05. The summed E-state index contributed by atoms with van der Waals surface area (Å²) in [7, 11) is 0. The molecule has 0 aliphatic heterocycles. The number of aliphatic hydroxyl groups excluding tert-OH is 2. The van der Waals surface area contributed by atoms with Crippen LogP contribution in [0.15, 0.2) is 12.1 Å². The molecule has 0 fully saturated rings. The second-order valence-electron chi connectivity index (χ2n) is 4.14. The van der Waals surface area contributed by atoms with E-state index in [1.165, 1.54) is 0 Å². The van der Waals surface area contributed by atoms with Crippen molar-refractivity contribution in [1.82, 2.24) is 0 Å². The van der Waals surface area contributed by atoms with Gasteiger partial charge in [0, 0.05) is 17.7 Å². The summed E-state index contributed by atoms with van der Waals surface area (Å²) in [4.78, 5) is 20.8. The Balaban J connectivity index is 3.01. The fraction of sp³-hybridized carbons (Fsp3) is 0.417. The number of nitro benzene ring substituents is 1. The van der Waals surface area contributed by atoms with E-state index >= 15 is 0 Å². The highest BCUT2D eigenvalue weighted by Gasteiger charge is 2.28. The number of phenolic OH excluding ortho intramolecular Hbond substituents is 1. The van der Waals surface area contributed by atoms with Gasteiger partial charge in [-0.05, 0) is 6.92 Å². The summed E-state index contributed by atoms with van der Waals surface area (Å²) in [6.07, 6.45) is -4.19. The number of hydrogen-bond acceptors (Lipinski definition) is 7. The number of aliphatic hydroxyl groups is 2. The van der Waals surface area contributed by atoms with E-state index in [-0.39, 0.29) is 6.61 Å². The third kappa shape index (κ3) is 4.10. The quantitative estimate of drug-likeness (QED) is 0.402. The van der Waals surface area contributed by atoms with Crippen LogP contribution in [0.4, 0.5) is 10.1 Å². The number of hydrogen-bond donors (Lipinski definition) is 3. The van der Waals surface area contributed by atoms with Gasteiger partial charge in [-0.2, -0.15) is 0 Å². The Bertz CT molecular complexity index is 549. The van der Waals surface area contributed by atoms with Gasteiger partial charge in [0.05, 0.1) is 24.1 Å². The SMILES string of the molecule is CCOC(=O)CC(O)C(O)c1cc([N+](=O)[O-])c(O)cc1F. The summed E-state index contributed by atoms with van der Waals surface area (Å²) < 4.78 is 18.2. The lowest BCUT2D eigenvalue weighted by atomic mass is 10.0. The number of carbonyl (C=O) groups is 1. The van der Waals surface area contributed by atoms with Crippen molar-refractivity contribution in [2.45, 2.75) is 25.6 Å². The largest absolute Gasteiger partial charge is 0.502 e. The second kappa shape index (κ2) is 6.95. The maximum absolute atomic E-state index is 13.6. The number of phenols is 1. The van der Waals surface area contributed by atoms with Crippen LogP contribution in [0, 0.1) is 15.9 Å². The lowest BCUT2D eigenvalue weighted by Gasteiger charge is -2.18. The highest BCUT2D eigenvalue weighted by molar-refractivity contribution is 5.70. The predicted octanol–water partition coefficient (Wildman–Crippen LogP) is 0.787. The van der Waals surface area contributed by atoms with E-state index in [0.29, 0.717) is 12.1 Å². The average molecular weight is 303 g/mol. The van der Waals surface area contributed by atoms with Crippen molar-refractivity contribution in [3.8, 4) is 5.75 Å². The maximum atomic E-state index is 13.6. The molecule has 2 atom stereocenters. The van der Waals surface area contributed by atoms with E-state index in [2.05, 4.69) is 4.74 Å². The zero-order valence-corrected chi connectivity index (χ0v) is 11.0. The van der Waals surface area contributed by atoms with Crippen molar-refractivity contribution < 1.29 is 34.2 Å². The lowest BCUT2D eigenvalue weighted by Crippen LogP contribution is -2.24. The highest BCUT2D eigenvalue weighted by Crippen LogP contribution is 2.32. The Kier molecular flexibility index (Phi) is 5.56.